The number of benzene rings is 12. The van der Waals surface area contributed by atoms with Gasteiger partial charge in [-0.1, -0.05) is 232 Å². The zero-order chi connectivity index (χ0) is 88.8. The van der Waals surface area contributed by atoms with Gasteiger partial charge in [-0.25, -0.2) is 4.98 Å². The minimum Gasteiger partial charge on any atom is -0.510 e. The molecule has 12 aromatic carbocycles. The number of nitrogens with zero attached hydrogens (tertiary/aromatic N) is 4. The van der Waals surface area contributed by atoms with Gasteiger partial charge in [0.2, 0.25) is 0 Å². The van der Waals surface area contributed by atoms with Crippen LogP contribution in [0.4, 0.5) is 0 Å². The van der Waals surface area contributed by atoms with Gasteiger partial charge in [-0.15, -0.1) is 29.7 Å². The van der Waals surface area contributed by atoms with Gasteiger partial charge in [-0.05, 0) is 155 Å². The van der Waals surface area contributed by atoms with Crippen LogP contribution in [0.15, 0.2) is 291 Å². The van der Waals surface area contributed by atoms with E-state index in [4.69, 9.17) is 32.2 Å². The predicted molar refractivity (Wildman–Crippen MR) is 361 cm³/mol. The Hall–Kier alpha value is -10.5. The van der Waals surface area contributed by atoms with Crippen LogP contribution < -0.4 is 9.30 Å². The number of pyridine rings is 1. The topological polar surface area (TPSA) is 35.9 Å². The zero-order valence-electron chi connectivity index (χ0n) is 80.8. The molecule has 15 aromatic rings. The summed E-state index contributed by atoms with van der Waals surface area (Å²) in [5, 5.41) is 1.23. The van der Waals surface area contributed by atoms with Crippen molar-refractivity contribution in [1.82, 2.24) is 14.1 Å². The van der Waals surface area contributed by atoms with E-state index in [1.54, 1.807) is 92.1 Å². The molecule has 0 N–H and O–H groups in total. The van der Waals surface area contributed by atoms with Crippen molar-refractivity contribution < 1.29 is 77.0 Å². The van der Waals surface area contributed by atoms with E-state index >= 15 is 0 Å². The predicted octanol–water partition coefficient (Wildman–Crippen LogP) is 20.9. The summed E-state index contributed by atoms with van der Waals surface area (Å²) in [7, 11) is 0. The van der Waals surface area contributed by atoms with Crippen molar-refractivity contribution >= 4 is 32.8 Å². The van der Waals surface area contributed by atoms with Gasteiger partial charge >= 0.3 is 0 Å². The van der Waals surface area contributed by atoms with E-state index < -0.39 is 278 Å². The number of para-hydroxylation sites is 3. The zero-order valence-corrected chi connectivity index (χ0v) is 49.1. The summed E-state index contributed by atoms with van der Waals surface area (Å²) in [5.41, 5.74) is -10.2. The Morgan fingerprint density at radius 1 is 0.472 bits per heavy atom. The van der Waals surface area contributed by atoms with E-state index in [9.17, 15) is 19.2 Å². The average Bonchev–Trinajstić information content (AvgIpc) is 1.69. The minimum absolute atomic E-state index is 0. The number of imidazole rings is 1. The fourth-order valence-electron chi connectivity index (χ4n) is 10.4. The fourth-order valence-corrected chi connectivity index (χ4v) is 10.4. The first kappa shape index (κ1) is 30.0. The number of rotatable bonds is 12. The maximum Gasteiger partial charge on any atom is 0.268 e. The van der Waals surface area contributed by atoms with Gasteiger partial charge in [0.05, 0.1) is 59.2 Å². The number of hydrogen-bond donors (Lipinski definition) is 0. The molecular formula is C83H60N4OPt-2. The van der Waals surface area contributed by atoms with Crippen LogP contribution in [0.2, 0.25) is 0 Å². The second-order valence-corrected chi connectivity index (χ2v) is 21.0. The fraction of sp³-hybridized carbons (Fsp3) is 0.0602. The Bertz CT molecular complexity index is 6610. The summed E-state index contributed by atoms with van der Waals surface area (Å²) in [6.07, 6.45) is 4.48. The molecule has 0 fully saturated rings. The molecular weight excluding hydrogens is 1260 g/mol. The van der Waals surface area contributed by atoms with Crippen molar-refractivity contribution in [2.75, 3.05) is 0 Å². The first-order chi connectivity index (χ1) is 57.3. The van der Waals surface area contributed by atoms with E-state index in [0.717, 1.165) is 6.20 Å². The molecule has 430 valence electrons. The van der Waals surface area contributed by atoms with Gasteiger partial charge < -0.3 is 13.9 Å². The van der Waals surface area contributed by atoms with Gasteiger partial charge in [0, 0.05) is 54.0 Å². The van der Waals surface area contributed by atoms with Crippen LogP contribution in [-0.2, 0) is 26.5 Å². The van der Waals surface area contributed by atoms with E-state index in [-0.39, 0.29) is 71.8 Å². The van der Waals surface area contributed by atoms with Crippen LogP contribution in [0.1, 0.15) is 78.5 Å². The molecule has 89 heavy (non-hydrogen) atoms. The SMILES string of the molecule is [2H]c1c([2H])c([2H])c(-c2cnc(-n3c4[c-]c(Oc5[c-]c(-n6[c-][n+](-c7c(-c8c([2H])c(-c9c([2H])c([2H])c([2H])c([2H])c9[2H])c([2H])c(-c9c([2H])c([2H])c([2H])c([2H])c9[2H])c8[2H])cc(C(C)(C)C)cc7-c7c([2H])c(-c8c([2H])c([2H])c([2H])c([2H])c8[2H])c([2H])c(-c8c([2H])c([2H])c([2H])c([2H])c8[2H])c7[2H])c7ccccc76)ccc5)ccc4c4ccccc43)cc2C([2H])([2H])[2H])c([2H])c1[2H].[Pt]. The number of hydrogen-bond acceptors (Lipinski definition) is 2. The molecule has 0 saturated carbocycles. The quantitative estimate of drug-likeness (QED) is 0.0903. The summed E-state index contributed by atoms with van der Waals surface area (Å²) in [4.78, 5) is 4.67. The maximum absolute atomic E-state index is 10.6. The van der Waals surface area contributed by atoms with Crippen molar-refractivity contribution in [2.45, 2.75) is 33.0 Å². The smallest absolute Gasteiger partial charge is 0.268 e. The van der Waals surface area contributed by atoms with Crippen LogP contribution >= 0.6 is 0 Å². The summed E-state index contributed by atoms with van der Waals surface area (Å²) in [6, 6.07) is 3.34. The second kappa shape index (κ2) is 23.7. The van der Waals surface area contributed by atoms with Crippen molar-refractivity contribution in [3.63, 3.8) is 0 Å². The minimum atomic E-state index is -2.95. The number of aromatic nitrogens is 4. The van der Waals surface area contributed by atoms with Gasteiger partial charge in [0.25, 0.3) is 6.33 Å². The van der Waals surface area contributed by atoms with E-state index in [0.29, 0.717) is 21.8 Å². The summed E-state index contributed by atoms with van der Waals surface area (Å²) in [6.45, 7) is 2.11. The number of aryl methyl sites for hydroxylation is 1. The number of ether oxygens (including phenoxy) is 1. The maximum atomic E-state index is 10.6. The molecule has 0 spiro atoms. The Balaban J connectivity index is 0.0000123. The van der Waals surface area contributed by atoms with Crippen LogP contribution in [0.3, 0.4) is 0 Å². The Kier molecular flexibility index (Phi) is 7.97. The van der Waals surface area contributed by atoms with Crippen LogP contribution in [0.5, 0.6) is 11.5 Å². The third-order valence-corrected chi connectivity index (χ3v) is 14.5. The summed E-state index contributed by atoms with van der Waals surface area (Å²) < 4.78 is 324. The third-order valence-electron chi connectivity index (χ3n) is 14.5. The van der Waals surface area contributed by atoms with Crippen LogP contribution in [-0.4, -0.2) is 14.1 Å². The Labute approximate surface area is 582 Å². The molecule has 0 unspecified atom stereocenters. The molecule has 0 amide bonds. The van der Waals surface area contributed by atoms with Gasteiger partial charge in [-0.3, -0.25) is 4.57 Å². The Morgan fingerprint density at radius 3 is 1.51 bits per heavy atom. The van der Waals surface area contributed by atoms with E-state index in [1.807, 2.05) is 6.07 Å². The van der Waals surface area contributed by atoms with Gasteiger partial charge in [0.1, 0.15) is 5.82 Å². The summed E-state index contributed by atoms with van der Waals surface area (Å²) in [5.74, 6) is 0.0476. The van der Waals surface area contributed by atoms with Gasteiger partial charge in [-0.2, -0.15) is 18.2 Å². The van der Waals surface area contributed by atoms with Crippen LogP contribution in [0.25, 0.3) is 128 Å². The average molecular weight is 1360 g/mol. The van der Waals surface area contributed by atoms with Crippen molar-refractivity contribution in [3.05, 3.63) is 320 Å². The molecule has 0 aliphatic rings. The largest absolute Gasteiger partial charge is 0.510 e. The second-order valence-electron chi connectivity index (χ2n) is 21.0. The van der Waals surface area contributed by atoms with Crippen molar-refractivity contribution in [3.8, 4) is 107 Å². The van der Waals surface area contributed by atoms with Gasteiger partial charge in [0.15, 0.2) is 0 Å². The molecule has 5 nitrogen and oxygen atoms in total. The molecule has 0 atom stereocenters. The molecule has 0 radical (unpaired) electrons. The normalized spacial score (nSPS) is 17.0. The molecule has 6 heteroatoms. The molecule has 0 bridgehead atoms. The molecule has 0 saturated heterocycles. The van der Waals surface area contributed by atoms with Crippen molar-refractivity contribution in [1.29, 1.82) is 0 Å². The third kappa shape index (κ3) is 10.9. The Morgan fingerprint density at radius 2 is 0.966 bits per heavy atom. The molecule has 3 aromatic heterocycles. The summed E-state index contributed by atoms with van der Waals surface area (Å²) >= 11 is 0. The number of fused-ring (bicyclic) bond motifs is 4. The first-order valence-corrected chi connectivity index (χ1v) is 27.2. The first-order valence-electron chi connectivity index (χ1n) is 44.2. The molecule has 0 aliphatic carbocycles. The monoisotopic (exact) mass is 1360 g/mol. The molecule has 15 rings (SSSR count). The van der Waals surface area contributed by atoms with Crippen molar-refractivity contribution in [2.24, 2.45) is 0 Å². The standard InChI is InChI=1S/C83H60N4O.Pt/c1-56-43-81(84-54-76(56)61-33-18-9-19-34-61)87-77-38-21-20-37-72(77)73-42-41-71(53-80(73)87)88-70-36-24-35-69(52-70)85-55-86(79-40-23-22-39-78(79)85)82-74(66-46-62(57-25-10-5-11-26-57)44-63(47-66)58-27-12-6-13-28-58)50-68(83(2,3)4)51-75(82)67-48-64(59-29-14-7-15-30-59)45-65(49-67)60-31-16-8-17-32-60;/h5-51,54H,1-4H3;/q-2;/i1D3,5D,6D,7D,8D,9D,10D,11D,12D,13D,14D,15D,16D,17D,18D,19D,25D,26D,27D,28D,29D,30D,31D,32D,33D,34D,44D,45D,46D,47D,48D,49D;. The van der Waals surface area contributed by atoms with Crippen LogP contribution in [0, 0.1) is 25.3 Å². The van der Waals surface area contributed by atoms with E-state index in [2.05, 4.69) is 23.4 Å². The molecule has 0 aliphatic heterocycles. The molecule has 3 heterocycles. The van der Waals surface area contributed by atoms with E-state index in [1.165, 1.54) is 33.4 Å².